The number of hydrogen-bond acceptors (Lipinski definition) is 3. The summed E-state index contributed by atoms with van der Waals surface area (Å²) in [6, 6.07) is 14.9. The summed E-state index contributed by atoms with van der Waals surface area (Å²) in [4.78, 5) is 0. The highest BCUT2D eigenvalue weighted by atomic mass is 35.5. The second-order valence-corrected chi connectivity index (χ2v) is 7.74. The minimum atomic E-state index is -0.710. The zero-order valence-electron chi connectivity index (χ0n) is 15.4. The Morgan fingerprint density at radius 2 is 1.79 bits per heavy atom. The Hall–Kier alpha value is -2.63. The van der Waals surface area contributed by atoms with E-state index in [1.165, 1.54) is 0 Å². The predicted molar refractivity (Wildman–Crippen MR) is 108 cm³/mol. The molecule has 0 aromatic heterocycles. The van der Waals surface area contributed by atoms with Crippen molar-refractivity contribution in [1.29, 1.82) is 0 Å². The van der Waals surface area contributed by atoms with Gasteiger partial charge in [-0.3, -0.25) is 0 Å². The van der Waals surface area contributed by atoms with E-state index in [1.807, 2.05) is 30.3 Å². The van der Waals surface area contributed by atoms with Gasteiger partial charge in [0.15, 0.2) is 11.5 Å². The lowest BCUT2D eigenvalue weighted by atomic mass is 9.89. The summed E-state index contributed by atoms with van der Waals surface area (Å²) in [5, 5.41) is 3.39. The number of para-hydroxylation sites is 1. The number of piperidine rings is 1. The summed E-state index contributed by atoms with van der Waals surface area (Å²) >= 11 is 5.80. The van der Waals surface area contributed by atoms with Crippen LogP contribution in [-0.2, 0) is 0 Å². The summed E-state index contributed by atoms with van der Waals surface area (Å²) in [6.45, 7) is 1.62. The molecule has 2 aliphatic heterocycles. The van der Waals surface area contributed by atoms with E-state index >= 15 is 0 Å². The normalized spacial score (nSPS) is 20.0. The van der Waals surface area contributed by atoms with E-state index in [9.17, 15) is 8.78 Å². The summed E-state index contributed by atoms with van der Waals surface area (Å²) in [5.41, 5.74) is 1.18. The van der Waals surface area contributed by atoms with Crippen LogP contribution in [0.15, 0.2) is 54.6 Å². The number of rotatable bonds is 3. The lowest BCUT2D eigenvalue weighted by molar-refractivity contribution is 0.169. The van der Waals surface area contributed by atoms with Gasteiger partial charge in [-0.1, -0.05) is 29.8 Å². The second kappa shape index (κ2) is 7.32. The van der Waals surface area contributed by atoms with Crippen molar-refractivity contribution in [3.8, 4) is 28.4 Å². The van der Waals surface area contributed by atoms with E-state index in [1.54, 1.807) is 12.1 Å². The zero-order chi connectivity index (χ0) is 20.0. The highest BCUT2D eigenvalue weighted by Gasteiger charge is 2.39. The van der Waals surface area contributed by atoms with E-state index in [0.717, 1.165) is 37.2 Å². The molecule has 1 saturated heterocycles. The first-order valence-electron chi connectivity index (χ1n) is 9.53. The fourth-order valence-electron chi connectivity index (χ4n) is 4.12. The van der Waals surface area contributed by atoms with Gasteiger partial charge in [0.05, 0.1) is 5.56 Å². The average Bonchev–Trinajstić information content (AvgIpc) is 3.07. The van der Waals surface area contributed by atoms with Gasteiger partial charge >= 0.3 is 0 Å². The molecular formula is C23H18ClF2NO2. The van der Waals surface area contributed by atoms with Gasteiger partial charge in [-0.05, 0) is 54.9 Å². The SMILES string of the molecule is Fc1cc(Cl)cc(F)c1-c1cc(Oc2ccccc2)c2c(c1)[C@@H]1CNCC[C@@H]1O2. The standard InChI is InChI=1S/C23H18ClF2NO2/c24-14-10-18(25)22(19(26)11-14)13-8-16-17-12-27-7-6-20(17)29-23(16)21(9-13)28-15-4-2-1-3-5-15/h1-5,8-11,17,20,27H,6-7,12H2/t17-,20-/m0/s1. The van der Waals surface area contributed by atoms with Gasteiger partial charge in [0.25, 0.3) is 0 Å². The van der Waals surface area contributed by atoms with Crippen LogP contribution in [-0.4, -0.2) is 19.2 Å². The molecule has 3 nitrogen and oxygen atoms in total. The molecule has 3 aromatic rings. The van der Waals surface area contributed by atoms with Gasteiger partial charge in [-0.15, -0.1) is 0 Å². The van der Waals surface area contributed by atoms with Crippen LogP contribution < -0.4 is 14.8 Å². The third kappa shape index (κ3) is 3.34. The Balaban J connectivity index is 1.67. The first-order chi connectivity index (χ1) is 14.1. The lowest BCUT2D eigenvalue weighted by Crippen LogP contribution is -2.37. The van der Waals surface area contributed by atoms with Crippen molar-refractivity contribution >= 4 is 11.6 Å². The fraction of sp³-hybridized carbons (Fsp3) is 0.217. The van der Waals surface area contributed by atoms with E-state index in [0.29, 0.717) is 22.8 Å². The van der Waals surface area contributed by atoms with E-state index in [4.69, 9.17) is 21.1 Å². The van der Waals surface area contributed by atoms with Gasteiger partial charge in [0.2, 0.25) is 0 Å². The highest BCUT2D eigenvalue weighted by molar-refractivity contribution is 6.30. The second-order valence-electron chi connectivity index (χ2n) is 7.31. The molecule has 1 N–H and O–H groups in total. The number of halogens is 3. The molecule has 2 aliphatic rings. The Morgan fingerprint density at radius 3 is 2.55 bits per heavy atom. The number of benzene rings is 3. The molecule has 0 aliphatic carbocycles. The van der Waals surface area contributed by atoms with Gasteiger partial charge < -0.3 is 14.8 Å². The maximum Gasteiger partial charge on any atom is 0.170 e. The van der Waals surface area contributed by atoms with Crippen LogP contribution in [0.4, 0.5) is 8.78 Å². The Labute approximate surface area is 172 Å². The molecule has 0 unspecified atom stereocenters. The molecule has 29 heavy (non-hydrogen) atoms. The third-order valence-electron chi connectivity index (χ3n) is 5.44. The first kappa shape index (κ1) is 18.4. The van der Waals surface area contributed by atoms with Gasteiger partial charge in [0, 0.05) is 23.0 Å². The molecule has 5 rings (SSSR count). The largest absolute Gasteiger partial charge is 0.485 e. The van der Waals surface area contributed by atoms with E-state index in [-0.39, 0.29) is 22.6 Å². The smallest absolute Gasteiger partial charge is 0.170 e. The molecule has 0 radical (unpaired) electrons. The van der Waals surface area contributed by atoms with Crippen LogP contribution in [0.25, 0.3) is 11.1 Å². The van der Waals surface area contributed by atoms with Crippen molar-refractivity contribution in [1.82, 2.24) is 5.32 Å². The van der Waals surface area contributed by atoms with Crippen molar-refractivity contribution in [2.24, 2.45) is 0 Å². The number of nitrogens with one attached hydrogen (secondary N) is 1. The van der Waals surface area contributed by atoms with E-state index < -0.39 is 11.6 Å². The van der Waals surface area contributed by atoms with Crippen LogP contribution in [0.3, 0.4) is 0 Å². The van der Waals surface area contributed by atoms with Crippen LogP contribution in [0.5, 0.6) is 17.2 Å². The summed E-state index contributed by atoms with van der Waals surface area (Å²) < 4.78 is 41.6. The van der Waals surface area contributed by atoms with Crippen LogP contribution in [0.2, 0.25) is 5.02 Å². The maximum absolute atomic E-state index is 14.6. The Morgan fingerprint density at radius 1 is 1.03 bits per heavy atom. The molecule has 2 atom stereocenters. The van der Waals surface area contributed by atoms with Crippen molar-refractivity contribution < 1.29 is 18.3 Å². The summed E-state index contributed by atoms with van der Waals surface area (Å²) in [6.07, 6.45) is 0.892. The molecule has 6 heteroatoms. The summed E-state index contributed by atoms with van der Waals surface area (Å²) in [5.74, 6) is 0.407. The topological polar surface area (TPSA) is 30.5 Å². The minimum Gasteiger partial charge on any atom is -0.485 e. The van der Waals surface area contributed by atoms with Crippen molar-refractivity contribution in [2.45, 2.75) is 18.4 Å². The van der Waals surface area contributed by atoms with Crippen molar-refractivity contribution in [3.63, 3.8) is 0 Å². The first-order valence-corrected chi connectivity index (χ1v) is 9.91. The van der Waals surface area contributed by atoms with Crippen LogP contribution in [0, 0.1) is 11.6 Å². The van der Waals surface area contributed by atoms with Gasteiger partial charge in [-0.25, -0.2) is 8.78 Å². The molecule has 2 heterocycles. The minimum absolute atomic E-state index is 0.0190. The molecule has 3 aromatic carbocycles. The Bertz CT molecular complexity index is 1050. The quantitative estimate of drug-likeness (QED) is 0.578. The third-order valence-corrected chi connectivity index (χ3v) is 5.66. The number of hydrogen-bond donors (Lipinski definition) is 1. The van der Waals surface area contributed by atoms with Crippen LogP contribution >= 0.6 is 11.6 Å². The predicted octanol–water partition coefficient (Wildman–Crippen LogP) is 5.92. The molecule has 148 valence electrons. The van der Waals surface area contributed by atoms with Gasteiger partial charge in [0.1, 0.15) is 23.5 Å². The molecular weight excluding hydrogens is 396 g/mol. The highest BCUT2D eigenvalue weighted by Crippen LogP contribution is 2.49. The zero-order valence-corrected chi connectivity index (χ0v) is 16.2. The molecule has 0 amide bonds. The molecule has 1 fully saturated rings. The van der Waals surface area contributed by atoms with Crippen LogP contribution in [0.1, 0.15) is 17.9 Å². The summed E-state index contributed by atoms with van der Waals surface area (Å²) in [7, 11) is 0. The lowest BCUT2D eigenvalue weighted by Gasteiger charge is -2.24. The maximum atomic E-state index is 14.6. The van der Waals surface area contributed by atoms with Crippen molar-refractivity contribution in [2.75, 3.05) is 13.1 Å². The fourth-order valence-corrected chi connectivity index (χ4v) is 4.31. The number of fused-ring (bicyclic) bond motifs is 3. The van der Waals surface area contributed by atoms with Gasteiger partial charge in [-0.2, -0.15) is 0 Å². The number of ether oxygens (including phenoxy) is 2. The molecule has 0 spiro atoms. The van der Waals surface area contributed by atoms with E-state index in [2.05, 4.69) is 5.32 Å². The molecule has 0 saturated carbocycles. The Kier molecular flexibility index (Phi) is 4.64. The average molecular weight is 414 g/mol. The monoisotopic (exact) mass is 413 g/mol. The van der Waals surface area contributed by atoms with Crippen molar-refractivity contribution in [3.05, 3.63) is 76.8 Å². The molecule has 0 bridgehead atoms.